The van der Waals surface area contributed by atoms with E-state index in [4.69, 9.17) is 9.72 Å². The summed E-state index contributed by atoms with van der Waals surface area (Å²) < 4.78 is 6.84. The number of aromatic nitrogens is 1. The third-order valence-electron chi connectivity index (χ3n) is 5.88. The molecule has 1 N–H and O–H groups in total. The summed E-state index contributed by atoms with van der Waals surface area (Å²) in [5.41, 5.74) is 2.75. The molecule has 0 radical (unpaired) electrons. The number of rotatable bonds is 6. The average Bonchev–Trinajstić information content (AvgIpc) is 2.89. The highest BCUT2D eigenvalue weighted by Crippen LogP contribution is 2.27. The normalized spacial score (nSPS) is 13.7. The zero-order valence-corrected chi connectivity index (χ0v) is 20.2. The number of nitrogens with one attached hydrogen (secondary N) is 1. The van der Waals surface area contributed by atoms with Gasteiger partial charge in [0.1, 0.15) is 17.1 Å². The van der Waals surface area contributed by atoms with Crippen molar-refractivity contribution in [3.05, 3.63) is 89.4 Å². The molecule has 1 aliphatic heterocycles. The molecule has 7 heteroatoms. The fraction of sp³-hybridized carbons (Fsp3) is 0.185. The minimum atomic E-state index is -0.215. The summed E-state index contributed by atoms with van der Waals surface area (Å²) in [6.45, 7) is 3.59. The van der Waals surface area contributed by atoms with Crippen molar-refractivity contribution in [2.24, 2.45) is 0 Å². The van der Waals surface area contributed by atoms with Gasteiger partial charge in [-0.25, -0.2) is 4.98 Å². The summed E-state index contributed by atoms with van der Waals surface area (Å²) in [6.07, 6.45) is 0. The Morgan fingerprint density at radius 2 is 1.59 bits per heavy atom. The Labute approximate surface area is 207 Å². The molecule has 3 aromatic carbocycles. The van der Waals surface area contributed by atoms with E-state index in [-0.39, 0.29) is 12.5 Å². The van der Waals surface area contributed by atoms with Gasteiger partial charge in [0, 0.05) is 47.4 Å². The van der Waals surface area contributed by atoms with Crippen molar-refractivity contribution in [1.29, 1.82) is 0 Å². The molecule has 0 spiro atoms. The van der Waals surface area contributed by atoms with Crippen LogP contribution in [0.15, 0.2) is 89.4 Å². The lowest BCUT2D eigenvalue weighted by Gasteiger charge is -2.36. The molecule has 0 aliphatic carbocycles. The summed E-state index contributed by atoms with van der Waals surface area (Å²) in [4.78, 5) is 22.0. The highest BCUT2D eigenvalue weighted by atomic mass is 79.9. The zero-order chi connectivity index (χ0) is 23.3. The first kappa shape index (κ1) is 22.2. The molecule has 6 nitrogen and oxygen atoms in total. The first-order valence-corrected chi connectivity index (χ1v) is 12.1. The fourth-order valence-corrected chi connectivity index (χ4v) is 4.37. The Morgan fingerprint density at radius 1 is 0.853 bits per heavy atom. The van der Waals surface area contributed by atoms with E-state index >= 15 is 0 Å². The quantitative estimate of drug-likeness (QED) is 0.374. The number of hydrogen-bond donors (Lipinski definition) is 1. The first-order valence-electron chi connectivity index (χ1n) is 11.3. The van der Waals surface area contributed by atoms with Crippen LogP contribution in [-0.4, -0.2) is 43.7 Å². The second kappa shape index (κ2) is 10.1. The van der Waals surface area contributed by atoms with Crippen LogP contribution in [0.4, 0.5) is 17.2 Å². The van der Waals surface area contributed by atoms with Gasteiger partial charge in [0.25, 0.3) is 5.91 Å². The number of benzene rings is 3. The van der Waals surface area contributed by atoms with Crippen molar-refractivity contribution < 1.29 is 9.53 Å². The topological polar surface area (TPSA) is 57.7 Å². The van der Waals surface area contributed by atoms with Crippen LogP contribution in [-0.2, 0) is 4.79 Å². The summed E-state index contributed by atoms with van der Waals surface area (Å²) in [5, 5.41) is 3.83. The van der Waals surface area contributed by atoms with Gasteiger partial charge in [0.15, 0.2) is 6.61 Å². The maximum absolute atomic E-state index is 12.4. The van der Waals surface area contributed by atoms with E-state index in [1.165, 1.54) is 5.69 Å². The van der Waals surface area contributed by atoms with Crippen LogP contribution in [0.2, 0.25) is 0 Å². The molecule has 1 aromatic heterocycles. The first-order chi connectivity index (χ1) is 16.7. The van der Waals surface area contributed by atoms with E-state index in [0.29, 0.717) is 5.75 Å². The van der Waals surface area contributed by atoms with Crippen molar-refractivity contribution in [3.63, 3.8) is 0 Å². The van der Waals surface area contributed by atoms with Gasteiger partial charge in [-0.1, -0.05) is 46.3 Å². The lowest BCUT2D eigenvalue weighted by Crippen LogP contribution is -2.46. The smallest absolute Gasteiger partial charge is 0.262 e. The van der Waals surface area contributed by atoms with Gasteiger partial charge in [-0.3, -0.25) is 4.79 Å². The van der Waals surface area contributed by atoms with Crippen LogP contribution in [0.3, 0.4) is 0 Å². The molecule has 34 heavy (non-hydrogen) atoms. The summed E-state index contributed by atoms with van der Waals surface area (Å²) >= 11 is 3.39. The Hall–Kier alpha value is -3.58. The van der Waals surface area contributed by atoms with Crippen LogP contribution in [0.1, 0.15) is 0 Å². The Morgan fingerprint density at radius 3 is 2.35 bits per heavy atom. The van der Waals surface area contributed by atoms with E-state index in [1.54, 1.807) is 0 Å². The summed E-state index contributed by atoms with van der Waals surface area (Å²) in [7, 11) is 0. The predicted octanol–water partition coefficient (Wildman–Crippen LogP) is 5.34. The number of anilines is 3. The molecule has 2 heterocycles. The molecular formula is C27H25BrN4O2. The second-order valence-corrected chi connectivity index (χ2v) is 9.07. The number of para-hydroxylation sites is 2. The van der Waals surface area contributed by atoms with Crippen molar-refractivity contribution in [3.8, 4) is 5.75 Å². The Kier molecular flexibility index (Phi) is 6.62. The van der Waals surface area contributed by atoms with E-state index in [0.717, 1.165) is 53.1 Å². The lowest BCUT2D eigenvalue weighted by atomic mass is 10.2. The molecule has 1 aliphatic rings. The average molecular weight is 517 g/mol. The van der Waals surface area contributed by atoms with Crippen molar-refractivity contribution in [2.75, 3.05) is 47.9 Å². The van der Waals surface area contributed by atoms with Crippen LogP contribution in [0.25, 0.3) is 10.9 Å². The molecule has 172 valence electrons. The highest BCUT2D eigenvalue weighted by Gasteiger charge is 2.19. The van der Waals surface area contributed by atoms with Crippen molar-refractivity contribution >= 4 is 49.9 Å². The molecule has 4 aromatic rings. The number of piperazine rings is 1. The zero-order valence-electron chi connectivity index (χ0n) is 18.7. The van der Waals surface area contributed by atoms with Gasteiger partial charge in [-0.05, 0) is 54.6 Å². The van der Waals surface area contributed by atoms with Crippen LogP contribution in [0.5, 0.6) is 5.75 Å². The fourth-order valence-electron chi connectivity index (χ4n) is 4.11. The molecule has 0 atom stereocenters. The van der Waals surface area contributed by atoms with Crippen molar-refractivity contribution in [1.82, 2.24) is 4.98 Å². The largest absolute Gasteiger partial charge is 0.481 e. The summed E-state index contributed by atoms with van der Waals surface area (Å²) in [5.74, 6) is 1.32. The van der Waals surface area contributed by atoms with Gasteiger partial charge >= 0.3 is 0 Å². The lowest BCUT2D eigenvalue weighted by molar-refractivity contribution is -0.118. The number of nitrogens with zero attached hydrogens (tertiary/aromatic N) is 3. The Balaban J connectivity index is 1.26. The third kappa shape index (κ3) is 5.15. The SMILES string of the molecule is O=C(COc1cccc2ccc(N3CCN(c4ccccc4)CC3)nc12)Nc1ccc(Br)cc1. The third-order valence-corrected chi connectivity index (χ3v) is 6.41. The van der Waals surface area contributed by atoms with Crippen LogP contribution >= 0.6 is 15.9 Å². The monoisotopic (exact) mass is 516 g/mol. The van der Waals surface area contributed by atoms with E-state index in [1.807, 2.05) is 48.5 Å². The number of pyridine rings is 1. The molecule has 1 fully saturated rings. The molecule has 1 saturated heterocycles. The van der Waals surface area contributed by atoms with Gasteiger partial charge in [-0.15, -0.1) is 0 Å². The number of hydrogen-bond acceptors (Lipinski definition) is 5. The number of amides is 1. The van der Waals surface area contributed by atoms with Crippen molar-refractivity contribution in [2.45, 2.75) is 0 Å². The molecular weight excluding hydrogens is 492 g/mol. The van der Waals surface area contributed by atoms with Crippen LogP contribution < -0.4 is 19.9 Å². The molecule has 0 saturated carbocycles. The number of halogens is 1. The standard InChI is InChI=1S/C27H25BrN4O2/c28-21-10-12-22(13-11-21)29-26(33)19-34-24-8-4-5-20-9-14-25(30-27(20)24)32-17-15-31(16-18-32)23-6-2-1-3-7-23/h1-14H,15-19H2,(H,29,33). The number of fused-ring (bicyclic) bond motifs is 1. The minimum Gasteiger partial charge on any atom is -0.481 e. The molecule has 1 amide bonds. The molecule has 5 rings (SSSR count). The van der Waals surface area contributed by atoms with Crippen LogP contribution in [0, 0.1) is 0 Å². The molecule has 0 bridgehead atoms. The maximum Gasteiger partial charge on any atom is 0.262 e. The Bertz CT molecular complexity index is 1270. The number of carbonyl (C=O) groups excluding carboxylic acids is 1. The maximum atomic E-state index is 12.4. The summed E-state index contributed by atoms with van der Waals surface area (Å²) in [6, 6.07) is 27.9. The number of ether oxygens (including phenoxy) is 1. The second-order valence-electron chi connectivity index (χ2n) is 8.15. The minimum absolute atomic E-state index is 0.0865. The van der Waals surface area contributed by atoms with E-state index in [9.17, 15) is 4.79 Å². The molecule has 0 unspecified atom stereocenters. The van der Waals surface area contributed by atoms with Gasteiger partial charge < -0.3 is 19.9 Å². The highest BCUT2D eigenvalue weighted by molar-refractivity contribution is 9.10. The van der Waals surface area contributed by atoms with E-state index in [2.05, 4.69) is 67.4 Å². The number of carbonyl (C=O) groups is 1. The predicted molar refractivity (Wildman–Crippen MR) is 141 cm³/mol. The van der Waals surface area contributed by atoms with E-state index < -0.39 is 0 Å². The van der Waals surface area contributed by atoms with Gasteiger partial charge in [0.05, 0.1) is 0 Å². The van der Waals surface area contributed by atoms with Gasteiger partial charge in [-0.2, -0.15) is 0 Å². The van der Waals surface area contributed by atoms with Gasteiger partial charge in [0.2, 0.25) is 0 Å².